The quantitative estimate of drug-likeness (QED) is 0.918. The Morgan fingerprint density at radius 2 is 1.81 bits per heavy atom. The van der Waals surface area contributed by atoms with Crippen LogP contribution >= 0.6 is 0 Å². The molecule has 1 aromatic heterocycles. The SMILES string of the molecule is CC(C)CNCc1ccc(-c2ccc(F)cc2)n(C)c1=O. The molecule has 0 fully saturated rings. The maximum absolute atomic E-state index is 13.0. The van der Waals surface area contributed by atoms with E-state index in [9.17, 15) is 9.18 Å². The number of halogens is 1. The van der Waals surface area contributed by atoms with E-state index in [1.54, 1.807) is 23.7 Å². The standard InChI is InChI=1S/C17H21FN2O/c1-12(2)10-19-11-14-6-9-16(20(3)17(14)21)13-4-7-15(18)8-5-13/h4-9,12,19H,10-11H2,1-3H3. The molecule has 0 saturated heterocycles. The summed E-state index contributed by atoms with van der Waals surface area (Å²) in [5, 5.41) is 3.27. The Hall–Kier alpha value is -1.94. The number of hydrogen-bond donors (Lipinski definition) is 1. The van der Waals surface area contributed by atoms with Crippen LogP contribution in [0.4, 0.5) is 4.39 Å². The van der Waals surface area contributed by atoms with Gasteiger partial charge in [-0.3, -0.25) is 4.79 Å². The van der Waals surface area contributed by atoms with Gasteiger partial charge < -0.3 is 9.88 Å². The van der Waals surface area contributed by atoms with Crippen molar-refractivity contribution < 1.29 is 4.39 Å². The fraction of sp³-hybridized carbons (Fsp3) is 0.353. The van der Waals surface area contributed by atoms with E-state index in [0.717, 1.165) is 23.4 Å². The highest BCUT2D eigenvalue weighted by Gasteiger charge is 2.08. The van der Waals surface area contributed by atoms with E-state index in [1.807, 2.05) is 12.1 Å². The Bertz CT molecular complexity index is 659. The summed E-state index contributed by atoms with van der Waals surface area (Å²) >= 11 is 0. The van der Waals surface area contributed by atoms with Crippen molar-refractivity contribution in [2.45, 2.75) is 20.4 Å². The van der Waals surface area contributed by atoms with Crippen molar-refractivity contribution in [1.82, 2.24) is 9.88 Å². The van der Waals surface area contributed by atoms with E-state index in [-0.39, 0.29) is 11.4 Å². The largest absolute Gasteiger partial charge is 0.312 e. The van der Waals surface area contributed by atoms with Crippen LogP contribution < -0.4 is 10.9 Å². The van der Waals surface area contributed by atoms with Crippen molar-refractivity contribution in [2.24, 2.45) is 13.0 Å². The highest BCUT2D eigenvalue weighted by atomic mass is 19.1. The molecule has 3 nitrogen and oxygen atoms in total. The molecule has 1 heterocycles. The molecule has 0 spiro atoms. The fourth-order valence-corrected chi connectivity index (χ4v) is 2.23. The van der Waals surface area contributed by atoms with Gasteiger partial charge in [-0.25, -0.2) is 4.39 Å². The highest BCUT2D eigenvalue weighted by Crippen LogP contribution is 2.18. The summed E-state index contributed by atoms with van der Waals surface area (Å²) in [5.41, 5.74) is 2.34. The molecule has 0 amide bonds. The molecule has 2 aromatic rings. The lowest BCUT2D eigenvalue weighted by atomic mass is 10.1. The summed E-state index contributed by atoms with van der Waals surface area (Å²) in [6, 6.07) is 9.91. The Labute approximate surface area is 124 Å². The van der Waals surface area contributed by atoms with Crippen LogP contribution in [-0.2, 0) is 13.6 Å². The van der Waals surface area contributed by atoms with Crippen LogP contribution in [0.2, 0.25) is 0 Å². The number of hydrogen-bond acceptors (Lipinski definition) is 2. The molecule has 4 heteroatoms. The average molecular weight is 288 g/mol. The first-order chi connectivity index (χ1) is 9.99. The predicted octanol–water partition coefficient (Wildman–Crippen LogP) is 2.94. The van der Waals surface area contributed by atoms with E-state index < -0.39 is 0 Å². The molecule has 112 valence electrons. The molecule has 2 rings (SSSR count). The minimum atomic E-state index is -0.279. The van der Waals surface area contributed by atoms with Gasteiger partial charge in [0.2, 0.25) is 0 Å². The molecular weight excluding hydrogens is 267 g/mol. The van der Waals surface area contributed by atoms with Gasteiger partial charge in [0.25, 0.3) is 5.56 Å². The summed E-state index contributed by atoms with van der Waals surface area (Å²) < 4.78 is 14.6. The third kappa shape index (κ3) is 3.79. The van der Waals surface area contributed by atoms with Crippen LogP contribution in [0.15, 0.2) is 41.2 Å². The first-order valence-corrected chi connectivity index (χ1v) is 7.14. The van der Waals surface area contributed by atoms with Crippen molar-refractivity contribution in [1.29, 1.82) is 0 Å². The third-order valence-electron chi connectivity index (χ3n) is 3.39. The average Bonchev–Trinajstić information content (AvgIpc) is 2.45. The van der Waals surface area contributed by atoms with Gasteiger partial charge in [-0.1, -0.05) is 19.9 Å². The second-order valence-electron chi connectivity index (χ2n) is 5.64. The van der Waals surface area contributed by atoms with E-state index in [4.69, 9.17) is 0 Å². The van der Waals surface area contributed by atoms with E-state index in [0.29, 0.717) is 12.5 Å². The maximum atomic E-state index is 13.0. The van der Waals surface area contributed by atoms with Crippen molar-refractivity contribution >= 4 is 0 Å². The smallest absolute Gasteiger partial charge is 0.255 e. The van der Waals surface area contributed by atoms with Gasteiger partial charge in [0.05, 0.1) is 5.69 Å². The van der Waals surface area contributed by atoms with Crippen LogP contribution in [-0.4, -0.2) is 11.1 Å². The lowest BCUT2D eigenvalue weighted by Crippen LogP contribution is -2.27. The lowest BCUT2D eigenvalue weighted by Gasteiger charge is -2.12. The summed E-state index contributed by atoms with van der Waals surface area (Å²) in [6.07, 6.45) is 0. The zero-order chi connectivity index (χ0) is 15.4. The second-order valence-corrected chi connectivity index (χ2v) is 5.64. The number of nitrogens with zero attached hydrogens (tertiary/aromatic N) is 1. The van der Waals surface area contributed by atoms with Gasteiger partial charge in [0.15, 0.2) is 0 Å². The molecule has 0 saturated carbocycles. The van der Waals surface area contributed by atoms with Crippen molar-refractivity contribution in [2.75, 3.05) is 6.54 Å². The molecule has 0 radical (unpaired) electrons. The zero-order valence-electron chi connectivity index (χ0n) is 12.7. The lowest BCUT2D eigenvalue weighted by molar-refractivity contribution is 0.549. The molecule has 21 heavy (non-hydrogen) atoms. The summed E-state index contributed by atoms with van der Waals surface area (Å²) in [7, 11) is 1.74. The summed E-state index contributed by atoms with van der Waals surface area (Å²) in [6.45, 7) is 5.70. The minimum Gasteiger partial charge on any atom is -0.312 e. The van der Waals surface area contributed by atoms with E-state index in [1.165, 1.54) is 12.1 Å². The molecule has 0 aliphatic heterocycles. The molecule has 1 N–H and O–H groups in total. The van der Waals surface area contributed by atoms with Gasteiger partial charge in [0.1, 0.15) is 5.82 Å². The molecule has 0 aliphatic carbocycles. The second kappa shape index (κ2) is 6.68. The Morgan fingerprint density at radius 1 is 1.14 bits per heavy atom. The first-order valence-electron chi connectivity index (χ1n) is 7.14. The zero-order valence-corrected chi connectivity index (χ0v) is 12.7. The van der Waals surface area contributed by atoms with Gasteiger partial charge in [0, 0.05) is 19.2 Å². The van der Waals surface area contributed by atoms with Gasteiger partial charge in [-0.2, -0.15) is 0 Å². The predicted molar refractivity (Wildman–Crippen MR) is 83.6 cm³/mol. The molecule has 0 unspecified atom stereocenters. The Balaban J connectivity index is 2.25. The molecule has 1 aromatic carbocycles. The Morgan fingerprint density at radius 3 is 2.43 bits per heavy atom. The molecular formula is C17H21FN2O. The van der Waals surface area contributed by atoms with E-state index >= 15 is 0 Å². The highest BCUT2D eigenvalue weighted by molar-refractivity contribution is 5.59. The molecule has 0 aliphatic rings. The number of pyridine rings is 1. The molecule has 0 atom stereocenters. The number of rotatable bonds is 5. The van der Waals surface area contributed by atoms with Crippen LogP contribution in [0.25, 0.3) is 11.3 Å². The van der Waals surface area contributed by atoms with Crippen LogP contribution in [0, 0.1) is 11.7 Å². The summed E-state index contributed by atoms with van der Waals surface area (Å²) in [4.78, 5) is 12.4. The topological polar surface area (TPSA) is 34.0 Å². The van der Waals surface area contributed by atoms with Gasteiger partial charge in [-0.15, -0.1) is 0 Å². The normalized spacial score (nSPS) is 11.1. The van der Waals surface area contributed by atoms with Crippen molar-refractivity contribution in [3.63, 3.8) is 0 Å². The third-order valence-corrected chi connectivity index (χ3v) is 3.39. The number of aromatic nitrogens is 1. The van der Waals surface area contributed by atoms with E-state index in [2.05, 4.69) is 19.2 Å². The van der Waals surface area contributed by atoms with Crippen LogP contribution in [0.5, 0.6) is 0 Å². The number of benzene rings is 1. The Kier molecular flexibility index (Phi) is 4.91. The maximum Gasteiger partial charge on any atom is 0.255 e. The van der Waals surface area contributed by atoms with Crippen molar-refractivity contribution in [3.8, 4) is 11.3 Å². The van der Waals surface area contributed by atoms with Gasteiger partial charge in [-0.05, 0) is 48.4 Å². The van der Waals surface area contributed by atoms with Crippen LogP contribution in [0.1, 0.15) is 19.4 Å². The van der Waals surface area contributed by atoms with Crippen LogP contribution in [0.3, 0.4) is 0 Å². The molecule has 0 bridgehead atoms. The van der Waals surface area contributed by atoms with Crippen molar-refractivity contribution in [3.05, 3.63) is 58.1 Å². The fourth-order valence-electron chi connectivity index (χ4n) is 2.23. The number of nitrogens with one attached hydrogen (secondary N) is 1. The first kappa shape index (κ1) is 15.4. The summed E-state index contributed by atoms with van der Waals surface area (Å²) in [5.74, 6) is 0.269. The monoisotopic (exact) mass is 288 g/mol. The van der Waals surface area contributed by atoms with Gasteiger partial charge >= 0.3 is 0 Å². The minimum absolute atomic E-state index is 0.0203.